The molecule has 1 aromatic carbocycles. The fraction of sp³-hybridized carbons (Fsp3) is 0.125. The molecule has 34 heavy (non-hydrogen) atoms. The van der Waals surface area contributed by atoms with Crippen LogP contribution in [0.5, 0.6) is 11.6 Å². The summed E-state index contributed by atoms with van der Waals surface area (Å²) in [4.78, 5) is 34.6. The van der Waals surface area contributed by atoms with E-state index in [0.717, 1.165) is 5.56 Å². The number of hydrogen-bond donors (Lipinski definition) is 1. The van der Waals surface area contributed by atoms with Gasteiger partial charge in [-0.25, -0.2) is 19.4 Å². The Morgan fingerprint density at radius 3 is 2.47 bits per heavy atom. The second kappa shape index (κ2) is 10.3. The highest BCUT2D eigenvalue weighted by Crippen LogP contribution is 2.23. The molecule has 0 bridgehead atoms. The fourth-order valence-electron chi connectivity index (χ4n) is 3.08. The molecular weight excluding hydrogens is 438 g/mol. The molecular formula is C24H21N5O5. The van der Waals surface area contributed by atoms with Crippen molar-refractivity contribution in [2.24, 2.45) is 0 Å². The molecule has 0 radical (unpaired) electrons. The summed E-state index contributed by atoms with van der Waals surface area (Å²) < 4.78 is 17.3. The number of amides is 1. The molecule has 10 nitrogen and oxygen atoms in total. The van der Waals surface area contributed by atoms with Gasteiger partial charge in [-0.05, 0) is 29.8 Å². The lowest BCUT2D eigenvalue weighted by Crippen LogP contribution is -2.20. The zero-order chi connectivity index (χ0) is 23.9. The highest BCUT2D eigenvalue weighted by Gasteiger charge is 2.22. The number of hydrogen-bond acceptors (Lipinski definition) is 8. The second-order valence-corrected chi connectivity index (χ2v) is 6.94. The molecule has 4 rings (SSSR count). The third-order valence-electron chi connectivity index (χ3n) is 4.76. The predicted molar refractivity (Wildman–Crippen MR) is 122 cm³/mol. The van der Waals surface area contributed by atoms with Gasteiger partial charge in [-0.2, -0.15) is 5.10 Å². The first-order chi connectivity index (χ1) is 16.6. The molecule has 0 spiro atoms. The summed E-state index contributed by atoms with van der Waals surface area (Å²) in [6.07, 6.45) is 3.28. The molecule has 1 amide bonds. The Labute approximate surface area is 195 Å². The molecule has 10 heteroatoms. The van der Waals surface area contributed by atoms with E-state index in [4.69, 9.17) is 14.2 Å². The van der Waals surface area contributed by atoms with E-state index in [-0.39, 0.29) is 35.3 Å². The monoisotopic (exact) mass is 459 g/mol. The van der Waals surface area contributed by atoms with Crippen LogP contribution in [0.4, 0.5) is 5.82 Å². The van der Waals surface area contributed by atoms with Crippen molar-refractivity contribution >= 4 is 17.7 Å². The standard InChI is InChI=1S/C24H21N5O5/c1-32-18-10-12-20(33-2)27-21(18)23(30)28-22-17(9-11-19(26-22)29-14-6-13-25-29)24(31)34-15-16-7-4-3-5-8-16/h3-14H,15H2,1-2H3,(H,26,28,30). The van der Waals surface area contributed by atoms with Crippen LogP contribution in [0, 0.1) is 0 Å². The number of carbonyl (C=O) groups is 2. The molecule has 0 aliphatic rings. The molecule has 0 unspecified atom stereocenters. The molecule has 3 aromatic heterocycles. The van der Waals surface area contributed by atoms with E-state index in [2.05, 4.69) is 20.4 Å². The van der Waals surface area contributed by atoms with Gasteiger partial charge in [0.2, 0.25) is 5.88 Å². The number of methoxy groups -OCH3 is 2. The van der Waals surface area contributed by atoms with E-state index in [1.165, 1.54) is 25.0 Å². The van der Waals surface area contributed by atoms with Crippen molar-refractivity contribution in [2.75, 3.05) is 19.5 Å². The quantitative estimate of drug-likeness (QED) is 0.399. The van der Waals surface area contributed by atoms with Crippen molar-refractivity contribution in [3.05, 3.63) is 89.9 Å². The normalized spacial score (nSPS) is 10.4. The summed E-state index contributed by atoms with van der Waals surface area (Å²) in [5.74, 6) is -0.447. The highest BCUT2D eigenvalue weighted by atomic mass is 16.5. The Morgan fingerprint density at radius 1 is 0.941 bits per heavy atom. The number of rotatable bonds is 8. The van der Waals surface area contributed by atoms with E-state index in [9.17, 15) is 9.59 Å². The van der Waals surface area contributed by atoms with Crippen molar-refractivity contribution in [3.8, 4) is 17.4 Å². The maximum absolute atomic E-state index is 13.1. The smallest absolute Gasteiger partial charge is 0.342 e. The number of carbonyl (C=O) groups excluding carboxylic acids is 2. The summed E-state index contributed by atoms with van der Waals surface area (Å²) in [6, 6.07) is 17.2. The number of pyridine rings is 2. The number of aromatic nitrogens is 4. The molecule has 1 N–H and O–H groups in total. The zero-order valence-electron chi connectivity index (χ0n) is 18.5. The van der Waals surface area contributed by atoms with E-state index in [1.807, 2.05) is 30.3 Å². The number of anilines is 1. The van der Waals surface area contributed by atoms with Gasteiger partial charge in [0.15, 0.2) is 17.3 Å². The first-order valence-electron chi connectivity index (χ1n) is 10.2. The van der Waals surface area contributed by atoms with E-state index in [1.54, 1.807) is 36.7 Å². The SMILES string of the molecule is COc1ccc(OC)c(C(=O)Nc2nc(-n3cccn3)ccc2C(=O)OCc2ccccc2)n1. The van der Waals surface area contributed by atoms with Crippen LogP contribution in [0.3, 0.4) is 0 Å². The van der Waals surface area contributed by atoms with E-state index in [0.29, 0.717) is 5.82 Å². The number of ether oxygens (including phenoxy) is 3. The Balaban J connectivity index is 1.65. The molecule has 3 heterocycles. The largest absolute Gasteiger partial charge is 0.494 e. The molecule has 0 fully saturated rings. The van der Waals surface area contributed by atoms with Crippen LogP contribution in [-0.4, -0.2) is 45.8 Å². The summed E-state index contributed by atoms with van der Waals surface area (Å²) in [5, 5.41) is 6.79. The predicted octanol–water partition coefficient (Wildman–Crippen LogP) is 3.29. The number of nitrogens with one attached hydrogen (secondary N) is 1. The van der Waals surface area contributed by atoms with Crippen molar-refractivity contribution in [1.29, 1.82) is 0 Å². The van der Waals surface area contributed by atoms with Crippen LogP contribution in [0.25, 0.3) is 5.82 Å². The maximum Gasteiger partial charge on any atom is 0.342 e. The second-order valence-electron chi connectivity index (χ2n) is 6.94. The highest BCUT2D eigenvalue weighted by molar-refractivity contribution is 6.07. The van der Waals surface area contributed by atoms with Crippen molar-refractivity contribution in [3.63, 3.8) is 0 Å². The van der Waals surface area contributed by atoms with Gasteiger partial charge in [-0.3, -0.25) is 4.79 Å². The van der Waals surface area contributed by atoms with E-state index < -0.39 is 11.9 Å². The molecule has 0 atom stereocenters. The van der Waals surface area contributed by atoms with Gasteiger partial charge in [-0.1, -0.05) is 30.3 Å². The Morgan fingerprint density at radius 2 is 1.76 bits per heavy atom. The van der Waals surface area contributed by atoms with Crippen molar-refractivity contribution in [2.45, 2.75) is 6.61 Å². The van der Waals surface area contributed by atoms with Gasteiger partial charge in [0.05, 0.1) is 14.2 Å². The zero-order valence-corrected chi connectivity index (χ0v) is 18.5. The van der Waals surface area contributed by atoms with E-state index >= 15 is 0 Å². The van der Waals surface area contributed by atoms with Crippen molar-refractivity contribution < 1.29 is 23.8 Å². The summed E-state index contributed by atoms with van der Waals surface area (Å²) in [7, 11) is 2.86. The Hall–Kier alpha value is -4.73. The van der Waals surface area contributed by atoms with Gasteiger partial charge >= 0.3 is 5.97 Å². The summed E-state index contributed by atoms with van der Waals surface area (Å²) in [6.45, 7) is 0.0687. The lowest BCUT2D eigenvalue weighted by molar-refractivity contribution is 0.0473. The first-order valence-corrected chi connectivity index (χ1v) is 10.2. The lowest BCUT2D eigenvalue weighted by atomic mass is 10.2. The third-order valence-corrected chi connectivity index (χ3v) is 4.76. The fourth-order valence-corrected chi connectivity index (χ4v) is 3.08. The van der Waals surface area contributed by atoms with Gasteiger partial charge in [0.25, 0.3) is 5.91 Å². The number of nitrogens with zero attached hydrogens (tertiary/aromatic N) is 4. The topological polar surface area (TPSA) is 117 Å². The van der Waals surface area contributed by atoms with Gasteiger partial charge in [0, 0.05) is 18.5 Å². The molecule has 0 saturated carbocycles. The Bertz CT molecular complexity index is 1290. The van der Waals surface area contributed by atoms with Crippen LogP contribution >= 0.6 is 0 Å². The van der Waals surface area contributed by atoms with Gasteiger partial charge in [0.1, 0.15) is 18.0 Å². The van der Waals surface area contributed by atoms with Crippen LogP contribution < -0.4 is 14.8 Å². The average Bonchev–Trinajstić information content (AvgIpc) is 3.42. The Kier molecular flexibility index (Phi) is 6.78. The minimum absolute atomic E-state index is 0.0114. The van der Waals surface area contributed by atoms with Gasteiger partial charge < -0.3 is 19.5 Å². The summed E-state index contributed by atoms with van der Waals surface area (Å²) >= 11 is 0. The molecule has 172 valence electrons. The summed E-state index contributed by atoms with van der Waals surface area (Å²) in [5.41, 5.74) is 0.867. The van der Waals surface area contributed by atoms with Crippen LogP contribution in [0.15, 0.2) is 73.1 Å². The van der Waals surface area contributed by atoms with Crippen molar-refractivity contribution in [1.82, 2.24) is 19.7 Å². The maximum atomic E-state index is 13.1. The number of benzene rings is 1. The first kappa shape index (κ1) is 22.5. The van der Waals surface area contributed by atoms with Crippen LogP contribution in [0.2, 0.25) is 0 Å². The molecule has 4 aromatic rings. The molecule has 0 saturated heterocycles. The van der Waals surface area contributed by atoms with Crippen LogP contribution in [0.1, 0.15) is 26.4 Å². The minimum Gasteiger partial charge on any atom is -0.494 e. The number of esters is 1. The lowest BCUT2D eigenvalue weighted by Gasteiger charge is -2.13. The third kappa shape index (κ3) is 5.01. The van der Waals surface area contributed by atoms with Crippen LogP contribution in [-0.2, 0) is 11.3 Å². The average molecular weight is 459 g/mol. The van der Waals surface area contributed by atoms with Gasteiger partial charge in [-0.15, -0.1) is 0 Å². The molecule has 0 aliphatic heterocycles. The minimum atomic E-state index is -0.649. The molecule has 0 aliphatic carbocycles.